The monoisotopic (exact) mass is 534 g/mol. The van der Waals surface area contributed by atoms with Crippen LogP contribution in [-0.4, -0.2) is 72.1 Å². The van der Waals surface area contributed by atoms with Gasteiger partial charge in [0, 0.05) is 53.8 Å². The molecule has 3 aliphatic heterocycles. The minimum atomic E-state index is -0.618. The van der Waals surface area contributed by atoms with E-state index in [0.717, 1.165) is 35.2 Å². The van der Waals surface area contributed by atoms with Gasteiger partial charge in [-0.25, -0.2) is 14.2 Å². The number of hydrogen-bond acceptors (Lipinski definition) is 8. The third-order valence-electron chi connectivity index (χ3n) is 6.18. The number of carbonyl (C=O) groups is 1. The molecule has 2 saturated heterocycles. The van der Waals surface area contributed by atoms with Crippen molar-refractivity contribution in [3.05, 3.63) is 61.9 Å². The molecular formula is C23H24BrFN4O3S. The Morgan fingerprint density at radius 1 is 1.36 bits per heavy atom. The van der Waals surface area contributed by atoms with E-state index in [9.17, 15) is 9.18 Å². The highest BCUT2D eigenvalue weighted by Gasteiger charge is 2.44. The Hall–Kier alpha value is -2.14. The van der Waals surface area contributed by atoms with E-state index in [1.807, 2.05) is 5.38 Å². The van der Waals surface area contributed by atoms with Crippen molar-refractivity contribution < 1.29 is 18.7 Å². The highest BCUT2D eigenvalue weighted by atomic mass is 79.9. The van der Waals surface area contributed by atoms with E-state index in [4.69, 9.17) is 14.5 Å². The van der Waals surface area contributed by atoms with Gasteiger partial charge in [-0.1, -0.05) is 22.0 Å². The second-order valence-electron chi connectivity index (χ2n) is 8.06. The molecule has 2 aromatic rings. The quantitative estimate of drug-likeness (QED) is 0.544. The van der Waals surface area contributed by atoms with E-state index in [-0.39, 0.29) is 24.4 Å². The first-order chi connectivity index (χ1) is 16.1. The van der Waals surface area contributed by atoms with Gasteiger partial charge in [-0.15, -0.1) is 11.3 Å². The summed E-state index contributed by atoms with van der Waals surface area (Å²) in [5.74, 6) is -0.000836. The molecule has 1 aromatic heterocycles. The van der Waals surface area contributed by atoms with Gasteiger partial charge in [0.2, 0.25) is 0 Å². The predicted molar refractivity (Wildman–Crippen MR) is 127 cm³/mol. The summed E-state index contributed by atoms with van der Waals surface area (Å²) in [6, 6.07) is 4.08. The molecule has 10 heteroatoms. The van der Waals surface area contributed by atoms with Crippen molar-refractivity contribution in [1.82, 2.24) is 14.8 Å². The lowest BCUT2D eigenvalue weighted by atomic mass is 9.94. The lowest BCUT2D eigenvalue weighted by Gasteiger charge is -2.33. The van der Waals surface area contributed by atoms with Gasteiger partial charge in [-0.05, 0) is 24.6 Å². The van der Waals surface area contributed by atoms with Crippen LogP contribution in [0.4, 0.5) is 4.39 Å². The molecule has 0 saturated carbocycles. The Labute approximate surface area is 204 Å². The maximum Gasteiger partial charge on any atom is 0.338 e. The number of fused-ring (bicyclic) bond motifs is 1. The highest BCUT2D eigenvalue weighted by Crippen LogP contribution is 2.43. The maximum absolute atomic E-state index is 13.9. The Balaban J connectivity index is 1.64. The average molecular weight is 535 g/mol. The molecule has 0 amide bonds. The van der Waals surface area contributed by atoms with Gasteiger partial charge in [-0.3, -0.25) is 9.89 Å². The number of esters is 1. The molecule has 0 bridgehead atoms. The number of hydrogen-bond donors (Lipinski definition) is 0. The lowest BCUT2D eigenvalue weighted by Crippen LogP contribution is -2.45. The van der Waals surface area contributed by atoms with E-state index >= 15 is 0 Å². The highest BCUT2D eigenvalue weighted by molar-refractivity contribution is 9.10. The van der Waals surface area contributed by atoms with Crippen LogP contribution in [0.5, 0.6) is 0 Å². The van der Waals surface area contributed by atoms with Crippen LogP contribution >= 0.6 is 27.3 Å². The summed E-state index contributed by atoms with van der Waals surface area (Å²) in [6.07, 6.45) is 2.46. The Bertz CT molecular complexity index is 1100. The standard InChI is InChI=1S/C23H24BrFN4O3S/c1-2-32-23(30)19-18-12-15(28-6-8-31-9-7-28)13-29(18)21(22-26-5-10-33-22)27-20(19)16-4-3-14(25)11-17(16)24/h3-5,10-11,15,20H,2,6-9,12-13H2,1H3/t15?,20-/m0/s1. The minimum absolute atomic E-state index is 0.230. The van der Waals surface area contributed by atoms with Gasteiger partial charge < -0.3 is 14.4 Å². The van der Waals surface area contributed by atoms with Crippen LogP contribution in [0, 0.1) is 5.82 Å². The number of benzene rings is 1. The van der Waals surface area contributed by atoms with Crippen LogP contribution in [-0.2, 0) is 14.3 Å². The van der Waals surface area contributed by atoms with Crippen molar-refractivity contribution in [2.75, 3.05) is 39.5 Å². The van der Waals surface area contributed by atoms with Crippen LogP contribution in [0.25, 0.3) is 0 Å². The fourth-order valence-electron chi connectivity index (χ4n) is 4.68. The van der Waals surface area contributed by atoms with Crippen molar-refractivity contribution >= 4 is 39.1 Å². The number of halogens is 2. The summed E-state index contributed by atoms with van der Waals surface area (Å²) in [5.41, 5.74) is 2.14. The fourth-order valence-corrected chi connectivity index (χ4v) is 5.89. The van der Waals surface area contributed by atoms with E-state index in [2.05, 4.69) is 30.7 Å². The number of aromatic nitrogens is 1. The molecule has 1 unspecified atom stereocenters. The lowest BCUT2D eigenvalue weighted by molar-refractivity contribution is -0.139. The topological polar surface area (TPSA) is 67.3 Å². The zero-order valence-electron chi connectivity index (χ0n) is 18.2. The summed E-state index contributed by atoms with van der Waals surface area (Å²) in [5, 5.41) is 2.71. The van der Waals surface area contributed by atoms with E-state index < -0.39 is 6.04 Å². The molecule has 0 aliphatic carbocycles. The summed E-state index contributed by atoms with van der Waals surface area (Å²) in [6.45, 7) is 5.91. The fraction of sp³-hybridized carbons (Fsp3) is 0.435. The summed E-state index contributed by atoms with van der Waals surface area (Å²) in [7, 11) is 0. The molecule has 1 aromatic carbocycles. The molecule has 2 fully saturated rings. The molecule has 0 spiro atoms. The van der Waals surface area contributed by atoms with Gasteiger partial charge in [0.05, 0.1) is 25.4 Å². The van der Waals surface area contributed by atoms with Gasteiger partial charge in [0.25, 0.3) is 0 Å². The summed E-state index contributed by atoms with van der Waals surface area (Å²) >= 11 is 4.99. The molecule has 5 rings (SSSR count). The second kappa shape index (κ2) is 9.61. The van der Waals surface area contributed by atoms with Crippen LogP contribution in [0.3, 0.4) is 0 Å². The number of carbonyl (C=O) groups excluding carboxylic acids is 1. The van der Waals surface area contributed by atoms with Crippen molar-refractivity contribution in [3.8, 4) is 0 Å². The zero-order chi connectivity index (χ0) is 22.9. The van der Waals surface area contributed by atoms with Gasteiger partial charge in [-0.2, -0.15) is 0 Å². The third kappa shape index (κ3) is 4.37. The number of ether oxygens (including phenoxy) is 2. The molecule has 174 valence electrons. The van der Waals surface area contributed by atoms with Crippen molar-refractivity contribution in [2.24, 2.45) is 4.99 Å². The summed E-state index contributed by atoms with van der Waals surface area (Å²) < 4.78 is 25.4. The molecule has 2 atom stereocenters. The number of amidine groups is 1. The first kappa shape index (κ1) is 22.6. The minimum Gasteiger partial charge on any atom is -0.463 e. The molecule has 7 nitrogen and oxygen atoms in total. The normalized spacial score (nSPS) is 23.5. The van der Waals surface area contributed by atoms with Crippen LogP contribution in [0.1, 0.15) is 30.0 Å². The number of thiazole rings is 1. The predicted octanol–water partition coefficient (Wildman–Crippen LogP) is 3.77. The van der Waals surface area contributed by atoms with Crippen LogP contribution < -0.4 is 0 Å². The number of rotatable bonds is 5. The van der Waals surface area contributed by atoms with E-state index in [0.29, 0.717) is 36.2 Å². The number of nitrogens with zero attached hydrogens (tertiary/aromatic N) is 4. The molecule has 33 heavy (non-hydrogen) atoms. The first-order valence-corrected chi connectivity index (χ1v) is 12.7. The Kier molecular flexibility index (Phi) is 6.60. The van der Waals surface area contributed by atoms with Crippen molar-refractivity contribution in [3.63, 3.8) is 0 Å². The van der Waals surface area contributed by atoms with Gasteiger partial charge >= 0.3 is 5.97 Å². The largest absolute Gasteiger partial charge is 0.463 e. The van der Waals surface area contributed by atoms with E-state index in [1.54, 1.807) is 19.2 Å². The Morgan fingerprint density at radius 3 is 2.88 bits per heavy atom. The van der Waals surface area contributed by atoms with Crippen molar-refractivity contribution in [1.29, 1.82) is 0 Å². The molecule has 4 heterocycles. The summed E-state index contributed by atoms with van der Waals surface area (Å²) in [4.78, 5) is 27.3. The average Bonchev–Trinajstić information content (AvgIpc) is 3.49. The third-order valence-corrected chi connectivity index (χ3v) is 7.63. The van der Waals surface area contributed by atoms with Gasteiger partial charge in [0.1, 0.15) is 11.9 Å². The first-order valence-electron chi connectivity index (χ1n) is 11.0. The maximum atomic E-state index is 13.9. The molecule has 3 aliphatic rings. The molecule has 0 radical (unpaired) electrons. The van der Waals surface area contributed by atoms with Crippen LogP contribution in [0.2, 0.25) is 0 Å². The molecule has 0 N–H and O–H groups in total. The Morgan fingerprint density at radius 2 is 2.18 bits per heavy atom. The zero-order valence-corrected chi connectivity index (χ0v) is 20.6. The van der Waals surface area contributed by atoms with Crippen molar-refractivity contribution in [2.45, 2.75) is 25.4 Å². The van der Waals surface area contributed by atoms with Gasteiger partial charge in [0.15, 0.2) is 10.8 Å². The smallest absolute Gasteiger partial charge is 0.338 e. The molecular weight excluding hydrogens is 511 g/mol. The SMILES string of the molecule is CCOC(=O)C1=C2CC(N3CCOCC3)CN2C(c2nccs2)=N[C@H]1c1ccc(F)cc1Br. The van der Waals surface area contributed by atoms with Crippen LogP contribution in [0.15, 0.2) is 50.5 Å². The second-order valence-corrected chi connectivity index (χ2v) is 9.80. The number of aliphatic imine (C=N–C) groups is 1. The number of morpholine rings is 1. The van der Waals surface area contributed by atoms with E-state index in [1.165, 1.54) is 23.5 Å².